The summed E-state index contributed by atoms with van der Waals surface area (Å²) in [5.74, 6) is 0.719. The number of carbonyl (C=O) groups excluding carboxylic acids is 1. The molecule has 0 saturated carbocycles. The van der Waals surface area contributed by atoms with E-state index in [2.05, 4.69) is 37.9 Å². The van der Waals surface area contributed by atoms with Crippen molar-refractivity contribution in [3.63, 3.8) is 0 Å². The lowest BCUT2D eigenvalue weighted by atomic mass is 9.76. The topological polar surface area (TPSA) is 41.9 Å². The lowest BCUT2D eigenvalue weighted by Gasteiger charge is -2.33. The number of allylic oxidation sites excluding steroid dienone is 1. The second kappa shape index (κ2) is 18.2. The maximum Gasteiger partial charge on any atom is 0.224 e. The van der Waals surface area contributed by atoms with Crippen molar-refractivity contribution in [2.24, 2.45) is 10.4 Å². The quantitative estimate of drug-likeness (QED) is 0.152. The zero-order chi connectivity index (χ0) is 30.2. The van der Waals surface area contributed by atoms with Gasteiger partial charge >= 0.3 is 0 Å². The van der Waals surface area contributed by atoms with E-state index in [-0.39, 0.29) is 11.3 Å². The Balaban J connectivity index is 1.47. The molecule has 1 heterocycles. The van der Waals surface area contributed by atoms with E-state index in [1.165, 1.54) is 76.2 Å². The van der Waals surface area contributed by atoms with Gasteiger partial charge in [-0.1, -0.05) is 126 Å². The number of para-hydroxylation sites is 1. The first kappa shape index (κ1) is 33.9. The number of rotatable bonds is 19. The van der Waals surface area contributed by atoms with Crippen molar-refractivity contribution in [3.8, 4) is 5.75 Å². The molecule has 0 radical (unpaired) electrons. The highest BCUT2D eigenvalue weighted by Gasteiger charge is 2.30. The molecule has 0 aliphatic carbocycles. The summed E-state index contributed by atoms with van der Waals surface area (Å²) in [5, 5.41) is 0.594. The molecular weight excluding hydrogens is 540 g/mol. The molecule has 42 heavy (non-hydrogen) atoms. The van der Waals surface area contributed by atoms with Crippen LogP contribution in [0.5, 0.6) is 5.75 Å². The Hall–Kier alpha value is -2.59. The lowest BCUT2D eigenvalue weighted by molar-refractivity contribution is -0.116. The molecule has 1 unspecified atom stereocenters. The molecule has 2 aromatic rings. The summed E-state index contributed by atoms with van der Waals surface area (Å²) in [4.78, 5) is 19.2. The van der Waals surface area contributed by atoms with Crippen LogP contribution in [-0.4, -0.2) is 25.3 Å². The second-order valence-electron chi connectivity index (χ2n) is 12.3. The monoisotopic (exact) mass is 592 g/mol. The van der Waals surface area contributed by atoms with Crippen molar-refractivity contribution >= 4 is 29.4 Å². The van der Waals surface area contributed by atoms with Gasteiger partial charge in [0.1, 0.15) is 5.75 Å². The van der Waals surface area contributed by atoms with E-state index >= 15 is 0 Å². The normalized spacial score (nSPS) is 16.4. The molecule has 1 atom stereocenters. The molecule has 4 nitrogen and oxygen atoms in total. The third-order valence-corrected chi connectivity index (χ3v) is 8.95. The number of halogens is 1. The Labute approximate surface area is 260 Å². The van der Waals surface area contributed by atoms with Gasteiger partial charge < -0.3 is 9.64 Å². The van der Waals surface area contributed by atoms with Crippen LogP contribution in [0.25, 0.3) is 0 Å². The molecule has 3 rings (SSSR count). The summed E-state index contributed by atoms with van der Waals surface area (Å²) >= 11 is 6.64. The molecule has 1 aliphatic heterocycles. The minimum Gasteiger partial charge on any atom is -0.492 e. The fourth-order valence-corrected chi connectivity index (χ4v) is 5.98. The molecule has 2 aromatic carbocycles. The zero-order valence-electron chi connectivity index (χ0n) is 26.6. The van der Waals surface area contributed by atoms with E-state index in [1.807, 2.05) is 47.5 Å². The number of benzene rings is 2. The van der Waals surface area contributed by atoms with Gasteiger partial charge in [0.05, 0.1) is 18.2 Å². The fourth-order valence-electron chi connectivity index (χ4n) is 5.72. The minimum atomic E-state index is -0.0663. The number of nitrogens with zero attached hydrogens (tertiary/aromatic N) is 2. The Morgan fingerprint density at radius 2 is 1.60 bits per heavy atom. The van der Waals surface area contributed by atoms with E-state index in [1.54, 1.807) is 6.92 Å². The molecule has 0 N–H and O–H groups in total. The standard InChI is InChI=1S/C37H53ClN2O2/c1-5-6-7-8-9-10-11-12-13-14-15-18-25-42-36-22-21-32(26-34(36)38)28-40(31(3)41)35-20-17-16-19-33(35)27-37(4)29-39-24-23-30(37)2/h16-17,19-24,26H,5-15,18,25,27-29H2,1-4H3. The molecule has 0 bridgehead atoms. The number of aliphatic imine (C=N–C) groups is 1. The van der Waals surface area contributed by atoms with Gasteiger partial charge in [-0.25, -0.2) is 0 Å². The van der Waals surface area contributed by atoms with Crippen LogP contribution >= 0.6 is 11.6 Å². The molecule has 1 amide bonds. The lowest BCUT2D eigenvalue weighted by Crippen LogP contribution is -2.31. The van der Waals surface area contributed by atoms with Crippen LogP contribution in [-0.2, 0) is 17.8 Å². The van der Waals surface area contributed by atoms with E-state index in [9.17, 15) is 4.79 Å². The molecule has 0 spiro atoms. The van der Waals surface area contributed by atoms with Crippen molar-refractivity contribution in [1.29, 1.82) is 0 Å². The summed E-state index contributed by atoms with van der Waals surface area (Å²) in [6, 6.07) is 14.1. The first-order chi connectivity index (χ1) is 20.3. The maximum atomic E-state index is 12.9. The highest BCUT2D eigenvalue weighted by atomic mass is 35.5. The second-order valence-corrected chi connectivity index (χ2v) is 12.7. The molecule has 0 aromatic heterocycles. The first-order valence-electron chi connectivity index (χ1n) is 16.3. The fraction of sp³-hybridized carbons (Fsp3) is 0.568. The number of unbranched alkanes of at least 4 members (excludes halogenated alkanes) is 11. The smallest absolute Gasteiger partial charge is 0.224 e. The van der Waals surface area contributed by atoms with Crippen LogP contribution in [0.15, 0.2) is 59.1 Å². The van der Waals surface area contributed by atoms with Gasteiger partial charge in [0.25, 0.3) is 0 Å². The maximum absolute atomic E-state index is 12.9. The van der Waals surface area contributed by atoms with Crippen molar-refractivity contribution < 1.29 is 9.53 Å². The SMILES string of the molecule is CCCCCCCCCCCCCCOc1ccc(CN(C(C)=O)c2ccccc2CC2(C)CN=CC=C2C)cc1Cl. The van der Waals surface area contributed by atoms with Crippen molar-refractivity contribution in [2.75, 3.05) is 18.1 Å². The molecule has 0 saturated heterocycles. The summed E-state index contributed by atoms with van der Waals surface area (Å²) in [6.07, 6.45) is 20.7. The van der Waals surface area contributed by atoms with Crippen LogP contribution in [0.3, 0.4) is 0 Å². The van der Waals surface area contributed by atoms with Crippen LogP contribution in [0.2, 0.25) is 5.02 Å². The Bertz CT molecular complexity index is 1170. The number of carbonyl (C=O) groups is 1. The summed E-state index contributed by atoms with van der Waals surface area (Å²) in [7, 11) is 0. The van der Waals surface area contributed by atoms with E-state index in [0.29, 0.717) is 23.9 Å². The Morgan fingerprint density at radius 3 is 2.21 bits per heavy atom. The summed E-state index contributed by atoms with van der Waals surface area (Å²) < 4.78 is 6.02. The van der Waals surface area contributed by atoms with Crippen LogP contribution in [0.4, 0.5) is 5.69 Å². The summed E-state index contributed by atoms with van der Waals surface area (Å²) in [5.41, 5.74) is 4.31. The average Bonchev–Trinajstić information content (AvgIpc) is 2.97. The van der Waals surface area contributed by atoms with Crippen LogP contribution < -0.4 is 9.64 Å². The molecule has 5 heteroatoms. The van der Waals surface area contributed by atoms with Gasteiger partial charge in [-0.05, 0) is 55.2 Å². The molecule has 0 fully saturated rings. The number of dihydropyridines is 1. The van der Waals surface area contributed by atoms with E-state index in [0.717, 1.165) is 36.2 Å². The Morgan fingerprint density at radius 1 is 0.952 bits per heavy atom. The predicted octanol–water partition coefficient (Wildman–Crippen LogP) is 10.6. The molecular formula is C37H53ClN2O2. The number of hydrogen-bond donors (Lipinski definition) is 0. The van der Waals surface area contributed by atoms with Gasteiger partial charge in [-0.15, -0.1) is 0 Å². The van der Waals surface area contributed by atoms with Gasteiger partial charge in [0.15, 0.2) is 0 Å². The number of anilines is 1. The zero-order valence-corrected chi connectivity index (χ0v) is 27.4. The third kappa shape index (κ3) is 10.9. The number of ether oxygens (including phenoxy) is 1. The van der Waals surface area contributed by atoms with Gasteiger partial charge in [-0.3, -0.25) is 9.79 Å². The number of amides is 1. The molecule has 230 valence electrons. The Kier molecular flexibility index (Phi) is 14.7. The highest BCUT2D eigenvalue weighted by Crippen LogP contribution is 2.37. The highest BCUT2D eigenvalue weighted by molar-refractivity contribution is 6.32. The average molecular weight is 593 g/mol. The predicted molar refractivity (Wildman–Crippen MR) is 180 cm³/mol. The van der Waals surface area contributed by atoms with Crippen molar-refractivity contribution in [3.05, 3.63) is 70.3 Å². The van der Waals surface area contributed by atoms with Crippen molar-refractivity contribution in [2.45, 2.75) is 118 Å². The first-order valence-corrected chi connectivity index (χ1v) is 16.7. The largest absolute Gasteiger partial charge is 0.492 e. The number of hydrogen-bond acceptors (Lipinski definition) is 3. The van der Waals surface area contributed by atoms with Crippen LogP contribution in [0, 0.1) is 5.41 Å². The minimum absolute atomic E-state index is 0.00459. The third-order valence-electron chi connectivity index (χ3n) is 8.66. The van der Waals surface area contributed by atoms with Gasteiger partial charge in [0, 0.05) is 30.8 Å². The molecule has 1 aliphatic rings. The van der Waals surface area contributed by atoms with Crippen LogP contribution in [0.1, 0.15) is 116 Å². The van der Waals surface area contributed by atoms with E-state index in [4.69, 9.17) is 16.3 Å². The van der Waals surface area contributed by atoms with Gasteiger partial charge in [0.2, 0.25) is 5.91 Å². The van der Waals surface area contributed by atoms with E-state index < -0.39 is 0 Å². The van der Waals surface area contributed by atoms with Crippen molar-refractivity contribution in [1.82, 2.24) is 0 Å². The van der Waals surface area contributed by atoms with Gasteiger partial charge in [-0.2, -0.15) is 0 Å². The summed E-state index contributed by atoms with van der Waals surface area (Å²) in [6.45, 7) is 10.2.